The molecule has 0 saturated carbocycles. The third-order valence-corrected chi connectivity index (χ3v) is 11.6. The number of carboxylic acids is 1. The van der Waals surface area contributed by atoms with Crippen LogP contribution in [-0.4, -0.2) is 82.3 Å². The third kappa shape index (κ3) is 49.0. The molecule has 0 bridgehead atoms. The Morgan fingerprint density at radius 1 is 0.477 bits per heavy atom. The zero-order chi connectivity index (χ0) is 47.7. The predicted octanol–water partition coefficient (Wildman–Crippen LogP) is 13.8. The molecule has 0 saturated heterocycles. The Bertz CT molecular complexity index is 1210. The van der Waals surface area contributed by atoms with Crippen LogP contribution in [0.2, 0.25) is 0 Å². The number of carbonyl (C=O) groups excluding carboxylic acids is 3. The number of hydrogen-bond donors (Lipinski definition) is 0. The fourth-order valence-corrected chi connectivity index (χ4v) is 7.47. The summed E-state index contributed by atoms with van der Waals surface area (Å²) in [5.41, 5.74) is 0. The zero-order valence-electron chi connectivity index (χ0n) is 42.9. The topological polar surface area (TPSA) is 111 Å². The standard InChI is InChI=1S/C56H101NO8/c1-6-8-10-12-14-16-17-18-19-20-21-22-23-24-25-26-27-28-29-30-31-32-33-34-35-36-37-39-41-43-45-47-54(59)65-52(51-64-56(55(60)61)62-49-48-57(3,4)5)50-63-53(58)46-44-42-40-38-15-13-11-9-7-2/h8,10,14,16,18-19,21-22,52,56H,6-7,9,11-13,15,17,20,23-51H2,1-5H3/b10-8-,16-14-,19-18-,22-21-. The van der Waals surface area contributed by atoms with E-state index in [0.717, 1.165) is 57.8 Å². The summed E-state index contributed by atoms with van der Waals surface area (Å²) in [5.74, 6) is -2.28. The number of nitrogens with zero attached hydrogens (tertiary/aromatic N) is 1. The molecule has 9 heteroatoms. The van der Waals surface area contributed by atoms with Crippen LogP contribution >= 0.6 is 0 Å². The van der Waals surface area contributed by atoms with Crippen molar-refractivity contribution in [3.63, 3.8) is 0 Å². The second-order valence-corrected chi connectivity index (χ2v) is 19.1. The number of rotatable bonds is 49. The van der Waals surface area contributed by atoms with Crippen LogP contribution in [0.15, 0.2) is 48.6 Å². The number of allylic oxidation sites excluding steroid dienone is 8. The molecule has 65 heavy (non-hydrogen) atoms. The number of likely N-dealkylation sites (N-methyl/N-ethyl adjacent to an activating group) is 1. The lowest BCUT2D eigenvalue weighted by molar-refractivity contribution is -0.870. The van der Waals surface area contributed by atoms with Crippen molar-refractivity contribution >= 4 is 17.9 Å². The largest absolute Gasteiger partial charge is 0.545 e. The number of carboxylic acid groups (broad SMARTS) is 1. The Kier molecular flexibility index (Phi) is 45.7. The Hall–Kier alpha value is -2.75. The molecular formula is C56H101NO8. The normalized spacial score (nSPS) is 13.2. The van der Waals surface area contributed by atoms with Crippen molar-refractivity contribution in [1.82, 2.24) is 0 Å². The molecule has 2 atom stereocenters. The van der Waals surface area contributed by atoms with E-state index < -0.39 is 24.3 Å². The van der Waals surface area contributed by atoms with E-state index in [4.69, 9.17) is 18.9 Å². The molecule has 0 spiro atoms. The van der Waals surface area contributed by atoms with Crippen LogP contribution in [0.5, 0.6) is 0 Å². The smallest absolute Gasteiger partial charge is 0.306 e. The van der Waals surface area contributed by atoms with Crippen LogP contribution in [-0.2, 0) is 33.3 Å². The van der Waals surface area contributed by atoms with Crippen molar-refractivity contribution < 1.29 is 42.9 Å². The maximum absolute atomic E-state index is 12.8. The lowest BCUT2D eigenvalue weighted by Gasteiger charge is -2.26. The van der Waals surface area contributed by atoms with Crippen molar-refractivity contribution in [2.45, 2.75) is 245 Å². The lowest BCUT2D eigenvalue weighted by atomic mass is 10.0. The molecule has 0 rings (SSSR count). The summed E-state index contributed by atoms with van der Waals surface area (Å²) >= 11 is 0. The average Bonchev–Trinajstić information content (AvgIpc) is 3.27. The van der Waals surface area contributed by atoms with Gasteiger partial charge >= 0.3 is 11.9 Å². The second-order valence-electron chi connectivity index (χ2n) is 19.1. The van der Waals surface area contributed by atoms with Crippen LogP contribution in [0.4, 0.5) is 0 Å². The number of carbonyl (C=O) groups is 3. The van der Waals surface area contributed by atoms with E-state index in [2.05, 4.69) is 62.5 Å². The Labute approximate surface area is 400 Å². The molecule has 0 N–H and O–H groups in total. The van der Waals surface area contributed by atoms with Crippen LogP contribution in [0, 0.1) is 0 Å². The minimum Gasteiger partial charge on any atom is -0.545 e. The number of hydrogen-bond acceptors (Lipinski definition) is 8. The molecule has 0 fully saturated rings. The average molecular weight is 916 g/mol. The van der Waals surface area contributed by atoms with Crippen LogP contribution in [0.25, 0.3) is 0 Å². The van der Waals surface area contributed by atoms with E-state index in [9.17, 15) is 19.5 Å². The molecule has 0 amide bonds. The van der Waals surface area contributed by atoms with Crippen molar-refractivity contribution in [2.75, 3.05) is 47.5 Å². The Morgan fingerprint density at radius 2 is 0.877 bits per heavy atom. The summed E-state index contributed by atoms with van der Waals surface area (Å²) in [7, 11) is 5.91. The van der Waals surface area contributed by atoms with Gasteiger partial charge < -0.3 is 33.3 Å². The molecule has 0 aromatic carbocycles. The van der Waals surface area contributed by atoms with E-state index in [1.807, 2.05) is 21.1 Å². The van der Waals surface area contributed by atoms with Gasteiger partial charge in [0.2, 0.25) is 0 Å². The first-order valence-electron chi connectivity index (χ1n) is 26.8. The zero-order valence-corrected chi connectivity index (χ0v) is 42.9. The molecule has 0 radical (unpaired) electrons. The molecule has 0 heterocycles. The summed E-state index contributed by atoms with van der Waals surface area (Å²) < 4.78 is 22.6. The lowest BCUT2D eigenvalue weighted by Crippen LogP contribution is -2.44. The van der Waals surface area contributed by atoms with Gasteiger partial charge in [0.15, 0.2) is 12.4 Å². The van der Waals surface area contributed by atoms with Gasteiger partial charge in [0, 0.05) is 12.8 Å². The fraction of sp³-hybridized carbons (Fsp3) is 0.804. The summed E-state index contributed by atoms with van der Waals surface area (Å²) in [6.45, 7) is 4.62. The predicted molar refractivity (Wildman–Crippen MR) is 269 cm³/mol. The molecule has 2 unspecified atom stereocenters. The van der Waals surface area contributed by atoms with E-state index >= 15 is 0 Å². The third-order valence-electron chi connectivity index (χ3n) is 11.6. The van der Waals surface area contributed by atoms with Crippen molar-refractivity contribution in [2.24, 2.45) is 0 Å². The van der Waals surface area contributed by atoms with Crippen LogP contribution in [0.1, 0.15) is 232 Å². The van der Waals surface area contributed by atoms with Gasteiger partial charge in [-0.15, -0.1) is 0 Å². The van der Waals surface area contributed by atoms with Gasteiger partial charge in [-0.2, -0.15) is 0 Å². The van der Waals surface area contributed by atoms with Gasteiger partial charge in [-0.1, -0.05) is 217 Å². The number of esters is 2. The van der Waals surface area contributed by atoms with Gasteiger partial charge in [-0.3, -0.25) is 9.59 Å². The van der Waals surface area contributed by atoms with E-state index in [1.165, 1.54) is 141 Å². The number of unbranched alkanes of at least 4 members (excludes halogenated alkanes) is 26. The van der Waals surface area contributed by atoms with Crippen molar-refractivity contribution in [1.29, 1.82) is 0 Å². The highest BCUT2D eigenvalue weighted by atomic mass is 16.7. The van der Waals surface area contributed by atoms with E-state index in [1.54, 1.807) is 0 Å². The fourth-order valence-electron chi connectivity index (χ4n) is 7.47. The van der Waals surface area contributed by atoms with Gasteiger partial charge in [-0.25, -0.2) is 0 Å². The first kappa shape index (κ1) is 62.2. The maximum Gasteiger partial charge on any atom is 0.306 e. The Morgan fingerprint density at radius 3 is 1.31 bits per heavy atom. The number of ether oxygens (including phenoxy) is 4. The molecule has 0 aliphatic heterocycles. The van der Waals surface area contributed by atoms with E-state index in [0.29, 0.717) is 23.9 Å². The summed E-state index contributed by atoms with van der Waals surface area (Å²) in [6.07, 6.45) is 54.6. The molecule has 378 valence electrons. The van der Waals surface area contributed by atoms with E-state index in [-0.39, 0.29) is 32.2 Å². The molecule has 9 nitrogen and oxygen atoms in total. The second kappa shape index (κ2) is 47.7. The van der Waals surface area contributed by atoms with Crippen molar-refractivity contribution in [3.8, 4) is 0 Å². The Balaban J connectivity index is 4.05. The highest BCUT2D eigenvalue weighted by Crippen LogP contribution is 2.16. The quantitative estimate of drug-likeness (QED) is 0.0195. The first-order valence-corrected chi connectivity index (χ1v) is 26.8. The highest BCUT2D eigenvalue weighted by Gasteiger charge is 2.22. The monoisotopic (exact) mass is 916 g/mol. The minimum absolute atomic E-state index is 0.149. The van der Waals surface area contributed by atoms with Crippen LogP contribution in [0.3, 0.4) is 0 Å². The van der Waals surface area contributed by atoms with Gasteiger partial charge in [0.1, 0.15) is 13.2 Å². The maximum atomic E-state index is 12.8. The first-order chi connectivity index (χ1) is 31.6. The van der Waals surface area contributed by atoms with Gasteiger partial charge in [0.25, 0.3) is 0 Å². The summed E-state index contributed by atoms with van der Waals surface area (Å²) in [5, 5.41) is 11.7. The SMILES string of the molecule is CC/C=C\C/C=C\C/C=C\C/C=C\CCCCCCCCCCCCCCCCCCCCC(=O)OC(COC(=O)CCCCCCCCCCC)COC(OCC[N+](C)(C)C)C(=O)[O-]. The van der Waals surface area contributed by atoms with Gasteiger partial charge in [-0.05, 0) is 51.4 Å². The number of quaternary nitrogens is 1. The minimum atomic E-state index is -1.62. The molecule has 0 aliphatic rings. The highest BCUT2D eigenvalue weighted by molar-refractivity contribution is 5.70. The molecule has 0 aliphatic carbocycles. The molecule has 0 aromatic heterocycles. The van der Waals surface area contributed by atoms with Crippen molar-refractivity contribution in [3.05, 3.63) is 48.6 Å². The summed E-state index contributed by atoms with van der Waals surface area (Å²) in [6, 6.07) is 0. The number of aliphatic carboxylic acids is 1. The summed E-state index contributed by atoms with van der Waals surface area (Å²) in [4.78, 5) is 37.0. The van der Waals surface area contributed by atoms with Gasteiger partial charge in [0.05, 0.1) is 40.3 Å². The molecular weight excluding hydrogens is 815 g/mol. The van der Waals surface area contributed by atoms with Crippen LogP contribution < -0.4 is 5.11 Å². The molecule has 0 aromatic rings.